The topological polar surface area (TPSA) is 12.0 Å². The predicted octanol–water partition coefficient (Wildman–Crippen LogP) is 4.14. The molecular formula is C20H25N. The molecule has 0 saturated heterocycles. The van der Waals surface area contributed by atoms with Gasteiger partial charge in [0.15, 0.2) is 0 Å². The Kier molecular flexibility index (Phi) is 4.40. The Balaban J connectivity index is 1.68. The average Bonchev–Trinajstić information content (AvgIpc) is 2.48. The second-order valence-corrected chi connectivity index (χ2v) is 6.67. The largest absolute Gasteiger partial charge is 0.309 e. The first-order chi connectivity index (χ1) is 10.2. The second kappa shape index (κ2) is 6.44. The monoisotopic (exact) mass is 279 g/mol. The van der Waals surface area contributed by atoms with Crippen LogP contribution in [0.5, 0.6) is 0 Å². The van der Waals surface area contributed by atoms with Crippen LogP contribution in [0.15, 0.2) is 48.5 Å². The fraction of sp³-hybridized carbons (Fsp3) is 0.400. The molecular weight excluding hydrogens is 254 g/mol. The molecule has 3 rings (SSSR count). The number of nitrogens with one attached hydrogen (secondary N) is 1. The van der Waals surface area contributed by atoms with Gasteiger partial charge in [-0.15, -0.1) is 0 Å². The summed E-state index contributed by atoms with van der Waals surface area (Å²) in [5, 5.41) is 3.70. The lowest BCUT2D eigenvalue weighted by molar-refractivity contribution is 0.476. The van der Waals surface area contributed by atoms with Crippen LogP contribution in [0.25, 0.3) is 0 Å². The van der Waals surface area contributed by atoms with Gasteiger partial charge >= 0.3 is 0 Å². The molecule has 1 aliphatic rings. The standard InChI is InChI=1S/C20H25N/c1-15(2)10-17-8-9-18-13-20(21-14-19(18)11-17)12-16-6-4-3-5-7-16/h3-9,11,15,20-21H,10,12-14H2,1-2H3. The first-order valence-corrected chi connectivity index (χ1v) is 8.08. The molecule has 0 spiro atoms. The van der Waals surface area contributed by atoms with Gasteiger partial charge in [0.05, 0.1) is 0 Å². The molecule has 0 bridgehead atoms. The van der Waals surface area contributed by atoms with Crippen LogP contribution in [0.1, 0.15) is 36.1 Å². The summed E-state index contributed by atoms with van der Waals surface area (Å²) in [6, 6.07) is 18.4. The molecule has 1 nitrogen and oxygen atoms in total. The molecule has 110 valence electrons. The van der Waals surface area contributed by atoms with Crippen molar-refractivity contribution >= 4 is 0 Å². The molecule has 1 atom stereocenters. The molecule has 2 aromatic carbocycles. The Morgan fingerprint density at radius 2 is 1.81 bits per heavy atom. The van der Waals surface area contributed by atoms with E-state index in [9.17, 15) is 0 Å². The third-order valence-corrected chi connectivity index (χ3v) is 4.29. The normalized spacial score (nSPS) is 17.8. The van der Waals surface area contributed by atoms with E-state index in [0.717, 1.165) is 25.3 Å². The van der Waals surface area contributed by atoms with Crippen molar-refractivity contribution in [2.75, 3.05) is 0 Å². The Hall–Kier alpha value is -1.60. The van der Waals surface area contributed by atoms with Crippen LogP contribution < -0.4 is 5.32 Å². The first-order valence-electron chi connectivity index (χ1n) is 8.08. The Morgan fingerprint density at radius 3 is 2.57 bits per heavy atom. The minimum Gasteiger partial charge on any atom is -0.309 e. The summed E-state index contributed by atoms with van der Waals surface area (Å²) >= 11 is 0. The summed E-state index contributed by atoms with van der Waals surface area (Å²) in [7, 11) is 0. The molecule has 21 heavy (non-hydrogen) atoms. The third kappa shape index (κ3) is 3.74. The van der Waals surface area contributed by atoms with Crippen LogP contribution in [0.2, 0.25) is 0 Å². The number of fused-ring (bicyclic) bond motifs is 1. The highest BCUT2D eigenvalue weighted by molar-refractivity contribution is 5.35. The molecule has 0 aliphatic carbocycles. The zero-order valence-corrected chi connectivity index (χ0v) is 13.1. The van der Waals surface area contributed by atoms with E-state index in [0.29, 0.717) is 6.04 Å². The van der Waals surface area contributed by atoms with Crippen LogP contribution in [-0.2, 0) is 25.8 Å². The van der Waals surface area contributed by atoms with Crippen LogP contribution in [0.4, 0.5) is 0 Å². The number of hydrogen-bond acceptors (Lipinski definition) is 1. The summed E-state index contributed by atoms with van der Waals surface area (Å²) in [6.07, 6.45) is 3.45. The van der Waals surface area contributed by atoms with Crippen LogP contribution in [0, 0.1) is 5.92 Å². The zero-order chi connectivity index (χ0) is 14.7. The quantitative estimate of drug-likeness (QED) is 0.887. The third-order valence-electron chi connectivity index (χ3n) is 4.29. The Labute approximate surface area is 128 Å². The lowest BCUT2D eigenvalue weighted by Gasteiger charge is -2.27. The second-order valence-electron chi connectivity index (χ2n) is 6.67. The lowest BCUT2D eigenvalue weighted by atomic mass is 9.90. The summed E-state index contributed by atoms with van der Waals surface area (Å²) in [5.41, 5.74) is 5.93. The summed E-state index contributed by atoms with van der Waals surface area (Å²) in [5.74, 6) is 0.727. The van der Waals surface area contributed by atoms with Crippen molar-refractivity contribution in [2.24, 2.45) is 5.92 Å². The Bertz CT molecular complexity index is 586. The molecule has 1 aliphatic heterocycles. The van der Waals surface area contributed by atoms with Crippen LogP contribution in [-0.4, -0.2) is 6.04 Å². The predicted molar refractivity (Wildman–Crippen MR) is 89.5 cm³/mol. The van der Waals surface area contributed by atoms with Gasteiger partial charge in [0.2, 0.25) is 0 Å². The van der Waals surface area contributed by atoms with Gasteiger partial charge in [-0.25, -0.2) is 0 Å². The van der Waals surface area contributed by atoms with E-state index in [1.807, 2.05) is 0 Å². The highest BCUT2D eigenvalue weighted by Gasteiger charge is 2.18. The average molecular weight is 279 g/mol. The molecule has 1 unspecified atom stereocenters. The fourth-order valence-corrected chi connectivity index (χ4v) is 3.28. The number of rotatable bonds is 4. The number of hydrogen-bond donors (Lipinski definition) is 1. The maximum absolute atomic E-state index is 3.70. The molecule has 1 heterocycles. The van der Waals surface area contributed by atoms with Gasteiger partial charge in [0, 0.05) is 12.6 Å². The van der Waals surface area contributed by atoms with Gasteiger partial charge < -0.3 is 5.32 Å². The van der Waals surface area contributed by atoms with Crippen molar-refractivity contribution in [3.05, 3.63) is 70.8 Å². The Morgan fingerprint density at radius 1 is 1.00 bits per heavy atom. The zero-order valence-electron chi connectivity index (χ0n) is 13.1. The smallest absolute Gasteiger partial charge is 0.0211 e. The van der Waals surface area contributed by atoms with Crippen molar-refractivity contribution in [3.63, 3.8) is 0 Å². The molecule has 2 aromatic rings. The van der Waals surface area contributed by atoms with Gasteiger partial charge in [-0.05, 0) is 47.4 Å². The van der Waals surface area contributed by atoms with Gasteiger partial charge in [-0.2, -0.15) is 0 Å². The van der Waals surface area contributed by atoms with Crippen molar-refractivity contribution in [1.29, 1.82) is 0 Å². The van der Waals surface area contributed by atoms with E-state index in [-0.39, 0.29) is 0 Å². The van der Waals surface area contributed by atoms with E-state index in [4.69, 9.17) is 0 Å². The van der Waals surface area contributed by atoms with Crippen molar-refractivity contribution in [2.45, 2.75) is 45.7 Å². The molecule has 0 aromatic heterocycles. The summed E-state index contributed by atoms with van der Waals surface area (Å²) in [4.78, 5) is 0. The molecule has 1 N–H and O–H groups in total. The van der Waals surface area contributed by atoms with Gasteiger partial charge in [0.1, 0.15) is 0 Å². The highest BCUT2D eigenvalue weighted by atomic mass is 14.9. The summed E-state index contributed by atoms with van der Waals surface area (Å²) in [6.45, 7) is 5.58. The molecule has 0 radical (unpaired) electrons. The lowest BCUT2D eigenvalue weighted by Crippen LogP contribution is -2.37. The van der Waals surface area contributed by atoms with Crippen LogP contribution >= 0.6 is 0 Å². The van der Waals surface area contributed by atoms with E-state index < -0.39 is 0 Å². The van der Waals surface area contributed by atoms with Crippen molar-refractivity contribution < 1.29 is 0 Å². The summed E-state index contributed by atoms with van der Waals surface area (Å²) < 4.78 is 0. The number of benzene rings is 2. The minimum absolute atomic E-state index is 0.566. The van der Waals surface area contributed by atoms with Crippen LogP contribution in [0.3, 0.4) is 0 Å². The van der Waals surface area contributed by atoms with Crippen molar-refractivity contribution in [1.82, 2.24) is 5.32 Å². The maximum Gasteiger partial charge on any atom is 0.0211 e. The fourth-order valence-electron chi connectivity index (χ4n) is 3.28. The van der Waals surface area contributed by atoms with E-state index in [1.54, 1.807) is 0 Å². The van der Waals surface area contributed by atoms with E-state index >= 15 is 0 Å². The SMILES string of the molecule is CC(C)Cc1ccc2c(c1)CNC(Cc1ccccc1)C2. The highest BCUT2D eigenvalue weighted by Crippen LogP contribution is 2.21. The maximum atomic E-state index is 3.70. The molecule has 0 amide bonds. The van der Waals surface area contributed by atoms with Gasteiger partial charge in [0.25, 0.3) is 0 Å². The molecule has 0 fully saturated rings. The molecule has 0 saturated carbocycles. The molecule has 1 heteroatoms. The van der Waals surface area contributed by atoms with E-state index in [1.165, 1.54) is 28.7 Å². The van der Waals surface area contributed by atoms with E-state index in [2.05, 4.69) is 67.7 Å². The van der Waals surface area contributed by atoms with Gasteiger partial charge in [-0.3, -0.25) is 0 Å². The van der Waals surface area contributed by atoms with Crippen molar-refractivity contribution in [3.8, 4) is 0 Å². The van der Waals surface area contributed by atoms with Gasteiger partial charge in [-0.1, -0.05) is 62.4 Å². The minimum atomic E-state index is 0.566. The first kappa shape index (κ1) is 14.3.